The van der Waals surface area contributed by atoms with E-state index >= 15 is 0 Å². The van der Waals surface area contributed by atoms with Crippen LogP contribution in [0.2, 0.25) is 5.15 Å². The van der Waals surface area contributed by atoms with Crippen molar-refractivity contribution in [3.63, 3.8) is 0 Å². The summed E-state index contributed by atoms with van der Waals surface area (Å²) in [7, 11) is 0. The van der Waals surface area contributed by atoms with Crippen LogP contribution in [0.25, 0.3) is 0 Å². The minimum absolute atomic E-state index is 0.216. The summed E-state index contributed by atoms with van der Waals surface area (Å²) >= 11 is 5.68. The standard InChI is InChI=1S/C8H11ClN2O2/c9-8-6(10)7(13-11-8)5-2-1-3-12-4-5/h5H,1-4,10H2. The number of ether oxygens (including phenoxy) is 1. The summed E-state index contributed by atoms with van der Waals surface area (Å²) in [6, 6.07) is 0. The number of rotatable bonds is 1. The monoisotopic (exact) mass is 202 g/mol. The second kappa shape index (κ2) is 3.55. The Morgan fingerprint density at radius 2 is 2.38 bits per heavy atom. The van der Waals surface area contributed by atoms with Crippen molar-refractivity contribution in [2.45, 2.75) is 18.8 Å². The lowest BCUT2D eigenvalue weighted by atomic mass is 9.99. The third kappa shape index (κ3) is 1.64. The van der Waals surface area contributed by atoms with E-state index in [2.05, 4.69) is 5.16 Å². The van der Waals surface area contributed by atoms with Crippen molar-refractivity contribution >= 4 is 17.3 Å². The molecule has 1 atom stereocenters. The fourth-order valence-electron chi connectivity index (χ4n) is 1.53. The van der Waals surface area contributed by atoms with E-state index in [0.717, 1.165) is 19.4 Å². The fourth-order valence-corrected chi connectivity index (χ4v) is 1.66. The molecule has 1 unspecified atom stereocenters. The van der Waals surface area contributed by atoms with Crippen LogP contribution in [0.1, 0.15) is 24.5 Å². The lowest BCUT2D eigenvalue weighted by molar-refractivity contribution is 0.0724. The minimum atomic E-state index is 0.216. The Kier molecular flexibility index (Phi) is 2.42. The summed E-state index contributed by atoms with van der Waals surface area (Å²) in [5.74, 6) is 0.887. The molecule has 2 N–H and O–H groups in total. The van der Waals surface area contributed by atoms with Crippen LogP contribution in [0, 0.1) is 0 Å². The van der Waals surface area contributed by atoms with E-state index in [9.17, 15) is 0 Å². The highest BCUT2D eigenvalue weighted by atomic mass is 35.5. The molecule has 5 heteroatoms. The van der Waals surface area contributed by atoms with Crippen molar-refractivity contribution in [2.24, 2.45) is 0 Å². The largest absolute Gasteiger partial charge is 0.393 e. The van der Waals surface area contributed by atoms with Crippen LogP contribution in [-0.2, 0) is 4.74 Å². The first-order valence-corrected chi connectivity index (χ1v) is 4.65. The van der Waals surface area contributed by atoms with E-state index in [0.29, 0.717) is 18.1 Å². The second-order valence-electron chi connectivity index (χ2n) is 3.17. The fraction of sp³-hybridized carbons (Fsp3) is 0.625. The van der Waals surface area contributed by atoms with E-state index in [1.165, 1.54) is 0 Å². The third-order valence-corrected chi connectivity index (χ3v) is 2.52. The number of aromatic nitrogens is 1. The van der Waals surface area contributed by atoms with Crippen molar-refractivity contribution in [1.29, 1.82) is 0 Å². The van der Waals surface area contributed by atoms with Gasteiger partial charge in [0.15, 0.2) is 10.9 Å². The van der Waals surface area contributed by atoms with Gasteiger partial charge in [0.25, 0.3) is 0 Å². The summed E-state index contributed by atoms with van der Waals surface area (Å²) in [6.45, 7) is 1.47. The Balaban J connectivity index is 2.18. The van der Waals surface area contributed by atoms with E-state index in [1.54, 1.807) is 0 Å². The summed E-state index contributed by atoms with van der Waals surface area (Å²) in [4.78, 5) is 0. The molecule has 0 aliphatic carbocycles. The molecule has 0 bridgehead atoms. The Morgan fingerprint density at radius 3 is 2.92 bits per heavy atom. The van der Waals surface area contributed by atoms with E-state index in [1.807, 2.05) is 0 Å². The molecule has 1 fully saturated rings. The van der Waals surface area contributed by atoms with Gasteiger partial charge in [0.1, 0.15) is 5.69 Å². The van der Waals surface area contributed by atoms with Gasteiger partial charge in [0.2, 0.25) is 0 Å². The zero-order chi connectivity index (χ0) is 9.26. The van der Waals surface area contributed by atoms with Crippen molar-refractivity contribution in [3.8, 4) is 0 Å². The summed E-state index contributed by atoms with van der Waals surface area (Å²) in [5.41, 5.74) is 6.15. The van der Waals surface area contributed by atoms with Crippen molar-refractivity contribution in [3.05, 3.63) is 10.9 Å². The second-order valence-corrected chi connectivity index (χ2v) is 3.52. The Hall–Kier alpha value is -0.740. The molecule has 4 nitrogen and oxygen atoms in total. The molecule has 2 rings (SSSR count). The molecule has 0 radical (unpaired) electrons. The highest BCUT2D eigenvalue weighted by molar-refractivity contribution is 6.31. The van der Waals surface area contributed by atoms with Crippen LogP contribution >= 0.6 is 11.6 Å². The maximum atomic E-state index is 5.69. The average molecular weight is 203 g/mol. The molecular formula is C8H11ClN2O2. The summed E-state index contributed by atoms with van der Waals surface area (Å²) in [6.07, 6.45) is 2.05. The van der Waals surface area contributed by atoms with Crippen molar-refractivity contribution in [2.75, 3.05) is 18.9 Å². The molecule has 1 aliphatic rings. The number of halogens is 1. The van der Waals surface area contributed by atoms with Crippen molar-refractivity contribution in [1.82, 2.24) is 5.16 Å². The number of nitrogens with zero attached hydrogens (tertiary/aromatic N) is 1. The van der Waals surface area contributed by atoms with E-state index in [-0.39, 0.29) is 11.1 Å². The molecule has 0 aromatic carbocycles. The van der Waals surface area contributed by atoms with E-state index in [4.69, 9.17) is 26.6 Å². The van der Waals surface area contributed by atoms with Crippen molar-refractivity contribution < 1.29 is 9.26 Å². The SMILES string of the molecule is Nc1c(Cl)noc1C1CCCOC1. The minimum Gasteiger partial charge on any atom is -0.393 e. The maximum Gasteiger partial charge on any atom is 0.195 e. The maximum absolute atomic E-state index is 5.69. The molecule has 1 aromatic heterocycles. The van der Waals surface area contributed by atoms with Gasteiger partial charge in [-0.15, -0.1) is 0 Å². The quantitative estimate of drug-likeness (QED) is 0.755. The average Bonchev–Trinajstić information content (AvgIpc) is 2.49. The highest BCUT2D eigenvalue weighted by Crippen LogP contribution is 2.32. The van der Waals surface area contributed by atoms with Gasteiger partial charge < -0.3 is 15.0 Å². The van der Waals surface area contributed by atoms with Crippen LogP contribution in [-0.4, -0.2) is 18.4 Å². The number of hydrogen-bond donors (Lipinski definition) is 1. The normalized spacial score (nSPS) is 23.3. The molecule has 1 aromatic rings. The molecule has 1 aliphatic heterocycles. The van der Waals surface area contributed by atoms with Crippen LogP contribution in [0.5, 0.6) is 0 Å². The topological polar surface area (TPSA) is 61.3 Å². The van der Waals surface area contributed by atoms with Gasteiger partial charge in [-0.25, -0.2) is 0 Å². The first-order valence-electron chi connectivity index (χ1n) is 4.27. The van der Waals surface area contributed by atoms with Crippen LogP contribution in [0.4, 0.5) is 5.69 Å². The molecule has 72 valence electrons. The highest BCUT2D eigenvalue weighted by Gasteiger charge is 2.24. The predicted octanol–water partition coefficient (Wildman–Crippen LogP) is 1.80. The first-order chi connectivity index (χ1) is 6.29. The van der Waals surface area contributed by atoms with Gasteiger partial charge >= 0.3 is 0 Å². The molecule has 2 heterocycles. The van der Waals surface area contributed by atoms with Gasteiger partial charge in [0, 0.05) is 12.5 Å². The summed E-state index contributed by atoms with van der Waals surface area (Å²) < 4.78 is 10.4. The van der Waals surface area contributed by atoms with Gasteiger partial charge in [-0.3, -0.25) is 0 Å². The zero-order valence-corrected chi connectivity index (χ0v) is 7.88. The van der Waals surface area contributed by atoms with Gasteiger partial charge in [-0.2, -0.15) is 0 Å². The molecule has 0 amide bonds. The zero-order valence-electron chi connectivity index (χ0n) is 7.12. The first kappa shape index (κ1) is 8.84. The molecular weight excluding hydrogens is 192 g/mol. The van der Waals surface area contributed by atoms with Gasteiger partial charge in [-0.1, -0.05) is 16.8 Å². The third-order valence-electron chi connectivity index (χ3n) is 2.24. The number of nitrogens with two attached hydrogens (primary N) is 1. The Labute approximate surface area is 81.0 Å². The molecule has 1 saturated heterocycles. The van der Waals surface area contributed by atoms with Gasteiger partial charge in [0.05, 0.1) is 6.61 Å². The molecule has 0 spiro atoms. The molecule has 13 heavy (non-hydrogen) atoms. The van der Waals surface area contributed by atoms with E-state index < -0.39 is 0 Å². The summed E-state index contributed by atoms with van der Waals surface area (Å²) in [5, 5.41) is 3.85. The number of hydrogen-bond acceptors (Lipinski definition) is 4. The molecule has 0 saturated carbocycles. The number of anilines is 1. The lowest BCUT2D eigenvalue weighted by Crippen LogP contribution is -2.15. The Morgan fingerprint density at radius 1 is 1.54 bits per heavy atom. The number of nitrogen functional groups attached to an aromatic ring is 1. The predicted molar refractivity (Wildman–Crippen MR) is 48.7 cm³/mol. The van der Waals surface area contributed by atoms with Gasteiger partial charge in [-0.05, 0) is 12.8 Å². The lowest BCUT2D eigenvalue weighted by Gasteiger charge is -2.19. The Bertz CT molecular complexity index is 294. The smallest absolute Gasteiger partial charge is 0.195 e. The van der Waals surface area contributed by atoms with Crippen LogP contribution in [0.15, 0.2) is 4.52 Å². The van der Waals surface area contributed by atoms with Crippen LogP contribution < -0.4 is 5.73 Å². The van der Waals surface area contributed by atoms with Crippen LogP contribution in [0.3, 0.4) is 0 Å².